The van der Waals surface area contributed by atoms with E-state index in [4.69, 9.17) is 0 Å². The Labute approximate surface area is 216 Å². The van der Waals surface area contributed by atoms with Crippen molar-refractivity contribution in [1.82, 2.24) is 0 Å². The van der Waals surface area contributed by atoms with Crippen LogP contribution in [0.2, 0.25) is 0 Å². The van der Waals surface area contributed by atoms with Gasteiger partial charge >= 0.3 is 0 Å². The summed E-state index contributed by atoms with van der Waals surface area (Å²) in [5, 5.41) is 12.8. The number of nitrogens with zero attached hydrogens (tertiary/aromatic N) is 2. The molecule has 1 atom stereocenters. The first-order chi connectivity index (χ1) is 17.3. The highest BCUT2D eigenvalue weighted by Crippen LogP contribution is 2.42. The van der Waals surface area contributed by atoms with Crippen molar-refractivity contribution in [3.8, 4) is 6.07 Å². The minimum absolute atomic E-state index is 0.0723. The van der Waals surface area contributed by atoms with E-state index in [1.807, 2.05) is 69.3 Å². The third kappa shape index (κ3) is 5.37. The maximum Gasteiger partial charge on any atom is 0.269 e. The van der Waals surface area contributed by atoms with Gasteiger partial charge in [0.2, 0.25) is 5.91 Å². The number of carbonyl (C=O) groups excluding carboxylic acids is 2. The number of aryl methyl sites for hydroxylation is 4. The zero-order chi connectivity index (χ0) is 25.8. The topological polar surface area (TPSA) is 73.2 Å². The summed E-state index contributed by atoms with van der Waals surface area (Å²) in [4.78, 5) is 28.5. The van der Waals surface area contributed by atoms with E-state index in [-0.39, 0.29) is 11.5 Å². The van der Waals surface area contributed by atoms with Crippen LogP contribution in [0, 0.1) is 32.1 Å². The number of carbonyl (C=O) groups is 2. The molecular weight excluding hydrogens is 466 g/mol. The van der Waals surface area contributed by atoms with Crippen molar-refractivity contribution in [3.05, 3.63) is 105 Å². The number of benzene rings is 3. The van der Waals surface area contributed by atoms with Crippen molar-refractivity contribution in [1.29, 1.82) is 5.26 Å². The Morgan fingerprint density at radius 1 is 1.00 bits per heavy atom. The molecule has 3 aromatic rings. The molecule has 1 unspecified atom stereocenters. The number of nitrogens with one attached hydrogen (secondary N) is 1. The SMILES string of the molecule is CCc1ccc(CC2S/C(=C(/C#N)C(=O)Nc3cccc(C)c3)N(c3ccc(C)c(C)c3)C2=O)cc1. The summed E-state index contributed by atoms with van der Waals surface area (Å²) >= 11 is 1.28. The quantitative estimate of drug-likeness (QED) is 0.325. The Balaban J connectivity index is 1.73. The predicted molar refractivity (Wildman–Crippen MR) is 147 cm³/mol. The second kappa shape index (κ2) is 10.8. The Morgan fingerprint density at radius 2 is 1.72 bits per heavy atom. The minimum atomic E-state index is -0.528. The normalized spacial score (nSPS) is 16.6. The van der Waals surface area contributed by atoms with E-state index in [0.29, 0.717) is 22.8 Å². The predicted octanol–water partition coefficient (Wildman–Crippen LogP) is 6.24. The van der Waals surface area contributed by atoms with Crippen LogP contribution >= 0.6 is 11.8 Å². The number of hydrogen-bond donors (Lipinski definition) is 1. The molecular formula is C30H29N3O2S. The number of hydrogen-bond acceptors (Lipinski definition) is 4. The fourth-order valence-corrected chi connectivity index (χ4v) is 5.44. The van der Waals surface area contributed by atoms with Gasteiger partial charge in [0.1, 0.15) is 16.7 Å². The smallest absolute Gasteiger partial charge is 0.269 e. The lowest BCUT2D eigenvalue weighted by atomic mass is 10.0. The van der Waals surface area contributed by atoms with Crippen molar-refractivity contribution in [2.75, 3.05) is 10.2 Å². The van der Waals surface area contributed by atoms with Crippen molar-refractivity contribution < 1.29 is 9.59 Å². The van der Waals surface area contributed by atoms with Crippen molar-refractivity contribution in [2.45, 2.75) is 45.8 Å². The number of thioether (sulfide) groups is 1. The van der Waals surface area contributed by atoms with E-state index < -0.39 is 11.2 Å². The molecule has 2 amide bonds. The van der Waals surface area contributed by atoms with E-state index in [0.717, 1.165) is 28.7 Å². The lowest BCUT2D eigenvalue weighted by molar-refractivity contribution is -0.117. The standard InChI is InChI=1S/C30H29N3O2S/c1-5-22-10-12-23(13-11-22)17-27-29(35)33(25-14-9-20(3)21(4)16-25)30(36-27)26(18-31)28(34)32-24-8-6-7-19(2)15-24/h6-16,27H,5,17H2,1-4H3,(H,32,34)/b30-26-. The Kier molecular flexibility index (Phi) is 7.61. The molecule has 0 saturated carbocycles. The van der Waals surface area contributed by atoms with Crippen LogP contribution < -0.4 is 10.2 Å². The molecule has 0 aromatic heterocycles. The molecule has 1 saturated heterocycles. The number of rotatable bonds is 6. The first-order valence-electron chi connectivity index (χ1n) is 12.0. The fraction of sp³-hybridized carbons (Fsp3) is 0.233. The van der Waals surface area contributed by atoms with Gasteiger partial charge in [-0.3, -0.25) is 14.5 Å². The molecule has 0 radical (unpaired) electrons. The average molecular weight is 496 g/mol. The molecule has 6 heteroatoms. The maximum absolute atomic E-state index is 13.7. The van der Waals surface area contributed by atoms with Gasteiger partial charge in [-0.2, -0.15) is 5.26 Å². The number of amides is 2. The van der Waals surface area contributed by atoms with Crippen molar-refractivity contribution >= 4 is 35.0 Å². The first kappa shape index (κ1) is 25.3. The summed E-state index contributed by atoms with van der Waals surface area (Å²) in [6.45, 7) is 8.03. The van der Waals surface area contributed by atoms with E-state index in [2.05, 4.69) is 30.4 Å². The van der Waals surface area contributed by atoms with Gasteiger partial charge < -0.3 is 5.32 Å². The Morgan fingerprint density at radius 3 is 2.36 bits per heavy atom. The van der Waals surface area contributed by atoms with Crippen LogP contribution in [0.15, 0.2) is 77.3 Å². The van der Waals surface area contributed by atoms with Crippen LogP contribution in [0.1, 0.15) is 34.7 Å². The summed E-state index contributed by atoms with van der Waals surface area (Å²) in [5.41, 5.74) is 6.61. The highest BCUT2D eigenvalue weighted by atomic mass is 32.2. The molecule has 1 fully saturated rings. The van der Waals surface area contributed by atoms with Crippen molar-refractivity contribution in [2.24, 2.45) is 0 Å². The van der Waals surface area contributed by atoms with E-state index in [9.17, 15) is 14.9 Å². The molecule has 1 aliphatic heterocycles. The second-order valence-electron chi connectivity index (χ2n) is 9.04. The number of nitriles is 1. The van der Waals surface area contributed by atoms with E-state index in [1.165, 1.54) is 22.2 Å². The van der Waals surface area contributed by atoms with Gasteiger partial charge in [-0.15, -0.1) is 0 Å². The largest absolute Gasteiger partial charge is 0.321 e. The van der Waals surface area contributed by atoms with Gasteiger partial charge in [0.15, 0.2) is 0 Å². The molecule has 5 nitrogen and oxygen atoms in total. The Hall–Kier alpha value is -3.82. The molecule has 1 aliphatic rings. The highest BCUT2D eigenvalue weighted by Gasteiger charge is 2.41. The van der Waals surface area contributed by atoms with E-state index in [1.54, 1.807) is 6.07 Å². The zero-order valence-corrected chi connectivity index (χ0v) is 21.8. The minimum Gasteiger partial charge on any atom is -0.321 e. The van der Waals surface area contributed by atoms with Gasteiger partial charge in [0.05, 0.1) is 5.25 Å². The Bertz CT molecular complexity index is 1390. The van der Waals surface area contributed by atoms with Gasteiger partial charge in [-0.25, -0.2) is 0 Å². The third-order valence-corrected chi connectivity index (χ3v) is 7.65. The summed E-state index contributed by atoms with van der Waals surface area (Å²) < 4.78 is 0. The molecule has 1 heterocycles. The van der Waals surface area contributed by atoms with Crippen LogP contribution in [0.4, 0.5) is 11.4 Å². The van der Waals surface area contributed by atoms with Gasteiger partial charge in [-0.05, 0) is 85.7 Å². The molecule has 4 rings (SSSR count). The molecule has 36 heavy (non-hydrogen) atoms. The van der Waals surface area contributed by atoms with Crippen molar-refractivity contribution in [3.63, 3.8) is 0 Å². The van der Waals surface area contributed by atoms with Crippen LogP contribution in [0.5, 0.6) is 0 Å². The average Bonchev–Trinajstić information content (AvgIpc) is 3.17. The lowest BCUT2D eigenvalue weighted by Gasteiger charge is -2.20. The molecule has 0 aliphatic carbocycles. The van der Waals surface area contributed by atoms with Gasteiger partial charge in [0.25, 0.3) is 5.91 Å². The van der Waals surface area contributed by atoms with E-state index >= 15 is 0 Å². The van der Waals surface area contributed by atoms with Crippen LogP contribution in [-0.2, 0) is 22.4 Å². The molecule has 0 bridgehead atoms. The molecule has 0 spiro atoms. The van der Waals surface area contributed by atoms with Crippen LogP contribution in [0.3, 0.4) is 0 Å². The summed E-state index contributed by atoms with van der Waals surface area (Å²) in [6.07, 6.45) is 1.46. The fourth-order valence-electron chi connectivity index (χ4n) is 4.13. The summed E-state index contributed by atoms with van der Waals surface area (Å²) in [7, 11) is 0. The van der Waals surface area contributed by atoms with Crippen LogP contribution in [0.25, 0.3) is 0 Å². The lowest BCUT2D eigenvalue weighted by Crippen LogP contribution is -2.31. The third-order valence-electron chi connectivity index (χ3n) is 6.38. The molecule has 3 aromatic carbocycles. The van der Waals surface area contributed by atoms with Gasteiger partial charge in [-0.1, -0.05) is 61.2 Å². The monoisotopic (exact) mass is 495 g/mol. The number of anilines is 2. The summed E-state index contributed by atoms with van der Waals surface area (Å²) in [5.74, 6) is -0.658. The zero-order valence-electron chi connectivity index (χ0n) is 21.0. The maximum atomic E-state index is 13.7. The summed E-state index contributed by atoms with van der Waals surface area (Å²) in [6, 6.07) is 23.5. The van der Waals surface area contributed by atoms with Crippen LogP contribution in [-0.4, -0.2) is 17.1 Å². The molecule has 1 N–H and O–H groups in total. The molecule has 182 valence electrons. The highest BCUT2D eigenvalue weighted by molar-refractivity contribution is 8.05. The van der Waals surface area contributed by atoms with Gasteiger partial charge in [0, 0.05) is 11.4 Å². The second-order valence-corrected chi connectivity index (χ2v) is 10.2. The first-order valence-corrected chi connectivity index (χ1v) is 12.9.